The lowest BCUT2D eigenvalue weighted by atomic mass is 9.70. The number of hydrogen-bond donors (Lipinski definition) is 0. The Kier molecular flexibility index (Phi) is 6.11. The van der Waals surface area contributed by atoms with Crippen LogP contribution in [0.3, 0.4) is 0 Å². The minimum atomic E-state index is -0.450. The summed E-state index contributed by atoms with van der Waals surface area (Å²) in [6.07, 6.45) is 0. The summed E-state index contributed by atoms with van der Waals surface area (Å²) < 4.78 is 0. The monoisotopic (exact) mass is 699 g/mol. The fourth-order valence-corrected chi connectivity index (χ4v) is 10.6. The quantitative estimate of drug-likeness (QED) is 0.177. The van der Waals surface area contributed by atoms with Gasteiger partial charge in [0.1, 0.15) is 0 Å². The van der Waals surface area contributed by atoms with E-state index in [1.54, 1.807) is 0 Å². The van der Waals surface area contributed by atoms with Crippen molar-refractivity contribution in [1.29, 1.82) is 0 Å². The largest absolute Gasteiger partial charge is 0.310 e. The van der Waals surface area contributed by atoms with Crippen LogP contribution in [0.1, 0.15) is 47.2 Å². The Morgan fingerprint density at radius 2 is 0.818 bits per heavy atom. The first kappa shape index (κ1) is 30.7. The molecule has 0 radical (unpaired) electrons. The second-order valence-corrected chi connectivity index (χ2v) is 16.0. The van der Waals surface area contributed by atoms with E-state index in [1.165, 1.54) is 88.3 Å². The highest BCUT2D eigenvalue weighted by Crippen LogP contribution is 2.64. The second-order valence-electron chi connectivity index (χ2n) is 16.0. The van der Waals surface area contributed by atoms with E-state index >= 15 is 0 Å². The molecular weight excluding hydrogens is 663 g/mol. The average molecular weight is 700 g/mol. The standard InChI is InChI=1S/C54H37N/c1-53(2)46-20-10-7-17-41(46)43-28-26-38(32-50(43)53)55(37-25-23-34-13-3-4-15-36(34)31-37)39-27-29-44-42-18-8-11-21-47(42)54(51(44)33-39)48-22-12-9-19-45(48)52-40-16-6-5-14-35(40)24-30-49(52)54/h3-33H,1-2H3. The lowest BCUT2D eigenvalue weighted by Crippen LogP contribution is -2.26. The third-order valence-electron chi connectivity index (χ3n) is 13.0. The maximum atomic E-state index is 2.51. The number of anilines is 3. The van der Waals surface area contributed by atoms with Crippen LogP contribution in [0.5, 0.6) is 0 Å². The Bertz CT molecular complexity index is 3090. The molecule has 258 valence electrons. The van der Waals surface area contributed by atoms with Gasteiger partial charge in [-0.15, -0.1) is 0 Å². The summed E-state index contributed by atoms with van der Waals surface area (Å²) in [5.74, 6) is 0. The minimum absolute atomic E-state index is 0.110. The van der Waals surface area contributed by atoms with Gasteiger partial charge in [-0.2, -0.15) is 0 Å². The number of fused-ring (bicyclic) bond motifs is 16. The number of hydrogen-bond acceptors (Lipinski definition) is 1. The molecule has 9 aromatic rings. The van der Waals surface area contributed by atoms with Gasteiger partial charge in [-0.3, -0.25) is 0 Å². The van der Waals surface area contributed by atoms with E-state index in [0.29, 0.717) is 0 Å². The van der Waals surface area contributed by atoms with E-state index in [4.69, 9.17) is 0 Å². The van der Waals surface area contributed by atoms with Crippen LogP contribution in [0.2, 0.25) is 0 Å². The molecule has 9 aromatic carbocycles. The first-order valence-corrected chi connectivity index (χ1v) is 19.4. The smallest absolute Gasteiger partial charge is 0.0726 e. The predicted octanol–water partition coefficient (Wildman–Crippen LogP) is 14.1. The van der Waals surface area contributed by atoms with E-state index in [-0.39, 0.29) is 5.41 Å². The molecule has 0 aliphatic heterocycles. The van der Waals surface area contributed by atoms with Crippen LogP contribution in [-0.2, 0) is 10.8 Å². The van der Waals surface area contributed by atoms with Crippen LogP contribution in [0.4, 0.5) is 17.1 Å². The highest BCUT2D eigenvalue weighted by molar-refractivity contribution is 6.06. The number of benzene rings is 9. The molecule has 1 heteroatoms. The van der Waals surface area contributed by atoms with Gasteiger partial charge < -0.3 is 4.90 Å². The van der Waals surface area contributed by atoms with Crippen LogP contribution in [0.15, 0.2) is 188 Å². The van der Waals surface area contributed by atoms with Crippen LogP contribution in [0, 0.1) is 0 Å². The molecule has 0 N–H and O–H groups in total. The van der Waals surface area contributed by atoms with Crippen molar-refractivity contribution in [3.05, 3.63) is 221 Å². The summed E-state index contributed by atoms with van der Waals surface area (Å²) in [5.41, 5.74) is 19.1. The van der Waals surface area contributed by atoms with E-state index < -0.39 is 5.41 Å². The summed E-state index contributed by atoms with van der Waals surface area (Å²) in [6.45, 7) is 4.74. The van der Waals surface area contributed by atoms with Gasteiger partial charge in [0.2, 0.25) is 0 Å². The zero-order valence-corrected chi connectivity index (χ0v) is 30.8. The molecule has 1 spiro atoms. The Hall–Kier alpha value is -6.70. The SMILES string of the molecule is CC1(C)c2ccccc2-c2ccc(N(c3ccc4c(c3)C3(c5ccccc5-4)c4ccccc4-c4c3ccc3ccccc43)c3ccc4ccccc4c3)cc21. The van der Waals surface area contributed by atoms with Crippen molar-refractivity contribution < 1.29 is 0 Å². The van der Waals surface area contributed by atoms with E-state index in [9.17, 15) is 0 Å². The molecule has 0 amide bonds. The minimum Gasteiger partial charge on any atom is -0.310 e. The highest BCUT2D eigenvalue weighted by Gasteiger charge is 2.52. The molecule has 0 bridgehead atoms. The molecular formula is C54H37N. The third kappa shape index (κ3) is 3.97. The maximum Gasteiger partial charge on any atom is 0.0726 e. The van der Waals surface area contributed by atoms with Crippen molar-refractivity contribution in [1.82, 2.24) is 0 Å². The van der Waals surface area contributed by atoms with Crippen LogP contribution in [-0.4, -0.2) is 0 Å². The molecule has 1 unspecified atom stereocenters. The molecule has 0 saturated heterocycles. The molecule has 0 saturated carbocycles. The van der Waals surface area contributed by atoms with Crippen molar-refractivity contribution in [3.8, 4) is 33.4 Å². The molecule has 12 rings (SSSR count). The Balaban J connectivity index is 1.14. The second kappa shape index (κ2) is 10.9. The van der Waals surface area contributed by atoms with Crippen LogP contribution < -0.4 is 4.90 Å². The van der Waals surface area contributed by atoms with Gasteiger partial charge in [-0.1, -0.05) is 166 Å². The Labute approximate surface area is 321 Å². The molecule has 3 aliphatic carbocycles. The van der Waals surface area contributed by atoms with Crippen molar-refractivity contribution in [2.45, 2.75) is 24.7 Å². The highest BCUT2D eigenvalue weighted by atomic mass is 15.1. The topological polar surface area (TPSA) is 3.24 Å². The molecule has 0 fully saturated rings. The molecule has 3 aliphatic rings. The van der Waals surface area contributed by atoms with Gasteiger partial charge in [0, 0.05) is 22.5 Å². The van der Waals surface area contributed by atoms with E-state index in [1.807, 2.05) is 0 Å². The fraction of sp³-hybridized carbons (Fsp3) is 0.0741. The first-order valence-electron chi connectivity index (χ1n) is 19.4. The van der Waals surface area contributed by atoms with E-state index in [0.717, 1.165) is 17.1 Å². The number of rotatable bonds is 3. The van der Waals surface area contributed by atoms with Crippen molar-refractivity contribution >= 4 is 38.6 Å². The van der Waals surface area contributed by atoms with Gasteiger partial charge in [-0.25, -0.2) is 0 Å². The van der Waals surface area contributed by atoms with Crippen LogP contribution >= 0.6 is 0 Å². The van der Waals surface area contributed by atoms with Crippen LogP contribution in [0.25, 0.3) is 54.9 Å². The first-order chi connectivity index (χ1) is 27.0. The van der Waals surface area contributed by atoms with Crippen molar-refractivity contribution in [3.63, 3.8) is 0 Å². The van der Waals surface area contributed by atoms with Gasteiger partial charge in [0.25, 0.3) is 0 Å². The molecule has 0 aromatic heterocycles. The normalized spacial score (nSPS) is 16.4. The Morgan fingerprint density at radius 3 is 1.58 bits per heavy atom. The lowest BCUT2D eigenvalue weighted by Gasteiger charge is -2.32. The average Bonchev–Trinajstić information content (AvgIpc) is 3.79. The molecule has 55 heavy (non-hydrogen) atoms. The van der Waals surface area contributed by atoms with E-state index in [2.05, 4.69) is 207 Å². The molecule has 1 atom stereocenters. The maximum absolute atomic E-state index is 2.51. The summed E-state index contributed by atoms with van der Waals surface area (Å²) >= 11 is 0. The Morgan fingerprint density at radius 1 is 0.327 bits per heavy atom. The van der Waals surface area contributed by atoms with Gasteiger partial charge in [0.15, 0.2) is 0 Å². The van der Waals surface area contributed by atoms with Gasteiger partial charge >= 0.3 is 0 Å². The van der Waals surface area contributed by atoms with Crippen molar-refractivity contribution in [2.24, 2.45) is 0 Å². The number of nitrogens with zero attached hydrogens (tertiary/aromatic N) is 1. The summed E-state index contributed by atoms with van der Waals surface area (Å²) in [4.78, 5) is 2.49. The zero-order valence-electron chi connectivity index (χ0n) is 30.8. The summed E-state index contributed by atoms with van der Waals surface area (Å²) in [5, 5.41) is 5.06. The lowest BCUT2D eigenvalue weighted by molar-refractivity contribution is 0.660. The van der Waals surface area contributed by atoms with Crippen molar-refractivity contribution in [2.75, 3.05) is 4.90 Å². The summed E-state index contributed by atoms with van der Waals surface area (Å²) in [6, 6.07) is 70.8. The summed E-state index contributed by atoms with van der Waals surface area (Å²) in [7, 11) is 0. The predicted molar refractivity (Wildman–Crippen MR) is 230 cm³/mol. The van der Waals surface area contributed by atoms with Gasteiger partial charge in [-0.05, 0) is 125 Å². The molecule has 1 nitrogen and oxygen atoms in total. The third-order valence-corrected chi connectivity index (χ3v) is 13.0. The zero-order chi connectivity index (χ0) is 36.5. The van der Waals surface area contributed by atoms with Gasteiger partial charge in [0.05, 0.1) is 5.41 Å². The molecule has 0 heterocycles. The fourth-order valence-electron chi connectivity index (χ4n) is 10.6.